The third-order valence-electron chi connectivity index (χ3n) is 9.11. The van der Waals surface area contributed by atoms with E-state index in [2.05, 4.69) is 31.0 Å². The van der Waals surface area contributed by atoms with Crippen LogP contribution >= 0.6 is 0 Å². The van der Waals surface area contributed by atoms with Gasteiger partial charge < -0.3 is 15.5 Å². The second-order valence-electron chi connectivity index (χ2n) is 10.6. The van der Waals surface area contributed by atoms with Crippen LogP contribution in [0.1, 0.15) is 81.8 Å². The molecule has 1 aromatic carbocycles. The summed E-state index contributed by atoms with van der Waals surface area (Å²) in [6, 6.07) is 6.07. The Morgan fingerprint density at radius 3 is 2.77 bits per heavy atom. The number of allylic oxidation sites excluding steroid dienone is 1. The number of hydrogen-bond acceptors (Lipinski definition) is 3. The highest BCUT2D eigenvalue weighted by molar-refractivity contribution is 5.43. The van der Waals surface area contributed by atoms with Crippen molar-refractivity contribution < 1.29 is 10.2 Å². The van der Waals surface area contributed by atoms with Crippen LogP contribution in [0.15, 0.2) is 30.9 Å². The van der Waals surface area contributed by atoms with Gasteiger partial charge in [0.2, 0.25) is 0 Å². The van der Waals surface area contributed by atoms with Gasteiger partial charge in [0.25, 0.3) is 0 Å². The van der Waals surface area contributed by atoms with Gasteiger partial charge >= 0.3 is 0 Å². The molecule has 6 atom stereocenters. The second kappa shape index (κ2) is 8.67. The van der Waals surface area contributed by atoms with Crippen LogP contribution in [-0.4, -0.2) is 29.9 Å². The zero-order chi connectivity index (χ0) is 21.4. The molecule has 3 heteroatoms. The molecule has 0 spiro atoms. The number of hydrogen-bond donors (Lipinski definition) is 3. The van der Waals surface area contributed by atoms with Crippen LogP contribution in [-0.2, 0) is 6.42 Å². The summed E-state index contributed by atoms with van der Waals surface area (Å²) in [7, 11) is 2.03. The number of aliphatic hydroxyl groups is 1. The smallest absolute Gasteiger partial charge is 0.115 e. The van der Waals surface area contributed by atoms with Crippen LogP contribution in [0.5, 0.6) is 5.75 Å². The van der Waals surface area contributed by atoms with Gasteiger partial charge in [-0.05, 0) is 110 Å². The molecule has 2 fully saturated rings. The maximum Gasteiger partial charge on any atom is 0.115 e. The van der Waals surface area contributed by atoms with Crippen LogP contribution in [0.3, 0.4) is 0 Å². The molecule has 3 aliphatic rings. The fourth-order valence-electron chi connectivity index (χ4n) is 7.75. The monoisotopic (exact) mass is 411 g/mol. The predicted octanol–water partition coefficient (Wildman–Crippen LogP) is 5.56. The summed E-state index contributed by atoms with van der Waals surface area (Å²) >= 11 is 0. The Bertz CT molecular complexity index is 761. The molecule has 0 aliphatic heterocycles. The quantitative estimate of drug-likeness (QED) is 0.388. The molecule has 3 aliphatic carbocycles. The van der Waals surface area contributed by atoms with Gasteiger partial charge in [-0.1, -0.05) is 38.3 Å². The molecule has 0 aromatic heterocycles. The summed E-state index contributed by atoms with van der Waals surface area (Å²) in [6.07, 6.45) is 13.7. The molecule has 0 saturated heterocycles. The number of nitrogens with one attached hydrogen (secondary N) is 1. The Labute approximate surface area is 183 Å². The third kappa shape index (κ3) is 3.52. The van der Waals surface area contributed by atoms with E-state index in [9.17, 15) is 10.2 Å². The summed E-state index contributed by atoms with van der Waals surface area (Å²) in [5, 5.41) is 24.4. The molecular weight excluding hydrogens is 370 g/mol. The van der Waals surface area contributed by atoms with E-state index in [1.54, 1.807) is 0 Å². The van der Waals surface area contributed by atoms with Gasteiger partial charge in [-0.15, -0.1) is 6.58 Å². The number of benzene rings is 1. The van der Waals surface area contributed by atoms with Crippen molar-refractivity contribution in [2.75, 3.05) is 13.6 Å². The number of phenolic OH excluding ortho intramolecular Hbond substituents is 1. The minimum atomic E-state index is -0.181. The van der Waals surface area contributed by atoms with Gasteiger partial charge in [0, 0.05) is 0 Å². The summed E-state index contributed by atoms with van der Waals surface area (Å²) in [5.41, 5.74) is 2.86. The number of unbranched alkanes of at least 4 members (excludes halogenated alkanes) is 3. The Morgan fingerprint density at radius 2 is 2.00 bits per heavy atom. The highest BCUT2D eigenvalue weighted by Gasteiger charge is 2.63. The Hall–Kier alpha value is -1.32. The lowest BCUT2D eigenvalue weighted by atomic mass is 9.44. The molecule has 0 bridgehead atoms. The number of fused-ring (bicyclic) bond motifs is 5. The van der Waals surface area contributed by atoms with Crippen LogP contribution in [0.4, 0.5) is 0 Å². The van der Waals surface area contributed by atoms with Gasteiger partial charge in [-0.25, -0.2) is 0 Å². The molecule has 1 aromatic rings. The summed E-state index contributed by atoms with van der Waals surface area (Å²) in [5.74, 6) is 1.94. The fraction of sp³-hybridized carbons (Fsp3) is 0.704. The maximum absolute atomic E-state index is 11.0. The second-order valence-corrected chi connectivity index (χ2v) is 10.6. The van der Waals surface area contributed by atoms with Crippen molar-refractivity contribution in [2.24, 2.45) is 22.7 Å². The molecule has 0 amide bonds. The van der Waals surface area contributed by atoms with Crippen LogP contribution < -0.4 is 5.32 Å². The van der Waals surface area contributed by atoms with Crippen LogP contribution in [0.2, 0.25) is 0 Å². The third-order valence-corrected chi connectivity index (χ3v) is 9.11. The number of aryl methyl sites for hydroxylation is 1. The highest BCUT2D eigenvalue weighted by atomic mass is 16.3. The SMILES string of the molecule is C=CC12CCc3cc(O)ccc3C1C(CCCCCCNC)CC1(C)C(O)CCC12. The molecule has 2 saturated carbocycles. The van der Waals surface area contributed by atoms with Crippen molar-refractivity contribution in [3.8, 4) is 5.75 Å². The molecule has 6 unspecified atom stereocenters. The van der Waals surface area contributed by atoms with E-state index in [4.69, 9.17) is 0 Å². The van der Waals surface area contributed by atoms with Crippen LogP contribution in [0, 0.1) is 22.7 Å². The maximum atomic E-state index is 11.0. The van der Waals surface area contributed by atoms with Gasteiger partial charge in [-0.3, -0.25) is 0 Å². The van der Waals surface area contributed by atoms with Gasteiger partial charge in [-0.2, -0.15) is 0 Å². The first-order valence-electron chi connectivity index (χ1n) is 12.2. The van der Waals surface area contributed by atoms with Crippen molar-refractivity contribution >= 4 is 0 Å². The van der Waals surface area contributed by atoms with Crippen molar-refractivity contribution in [1.82, 2.24) is 5.32 Å². The lowest BCUT2D eigenvalue weighted by Crippen LogP contribution is -2.54. The largest absolute Gasteiger partial charge is 0.508 e. The lowest BCUT2D eigenvalue weighted by Gasteiger charge is -2.60. The van der Waals surface area contributed by atoms with Gasteiger partial charge in [0.15, 0.2) is 0 Å². The number of phenols is 1. The van der Waals surface area contributed by atoms with E-state index >= 15 is 0 Å². The molecule has 3 N–H and O–H groups in total. The van der Waals surface area contributed by atoms with E-state index in [0.717, 1.165) is 38.6 Å². The van der Waals surface area contributed by atoms with E-state index in [0.29, 0.717) is 23.5 Å². The molecular formula is C27H41NO2. The predicted molar refractivity (Wildman–Crippen MR) is 124 cm³/mol. The van der Waals surface area contributed by atoms with E-state index < -0.39 is 0 Å². The number of rotatable bonds is 8. The summed E-state index contributed by atoms with van der Waals surface area (Å²) in [4.78, 5) is 0. The Balaban J connectivity index is 1.65. The van der Waals surface area contributed by atoms with E-state index in [1.807, 2.05) is 19.2 Å². The average molecular weight is 412 g/mol. The Kier molecular flexibility index (Phi) is 6.33. The fourth-order valence-corrected chi connectivity index (χ4v) is 7.75. The topological polar surface area (TPSA) is 52.5 Å². The zero-order valence-electron chi connectivity index (χ0n) is 19.0. The number of aliphatic hydroxyl groups excluding tert-OH is 1. The first-order valence-corrected chi connectivity index (χ1v) is 12.2. The molecule has 4 rings (SSSR count). The summed E-state index contributed by atoms with van der Waals surface area (Å²) in [6.45, 7) is 7.86. The minimum absolute atomic E-state index is 0.00983. The van der Waals surface area contributed by atoms with Crippen molar-refractivity contribution in [2.45, 2.75) is 83.2 Å². The lowest BCUT2D eigenvalue weighted by molar-refractivity contribution is -0.0812. The van der Waals surface area contributed by atoms with Crippen molar-refractivity contribution in [3.63, 3.8) is 0 Å². The first-order chi connectivity index (χ1) is 14.5. The molecule has 30 heavy (non-hydrogen) atoms. The molecule has 0 radical (unpaired) electrons. The van der Waals surface area contributed by atoms with E-state index in [-0.39, 0.29) is 16.9 Å². The normalized spacial score (nSPS) is 37.3. The average Bonchev–Trinajstić information content (AvgIpc) is 3.04. The standard InChI is InChI=1S/C27H41NO2/c1-4-27-15-14-19-17-21(29)10-11-22(19)25(27)20(9-7-5-6-8-16-28-3)18-26(2)23(27)12-13-24(26)30/h4,10-11,17,20,23-25,28-30H,1,5-9,12-16,18H2,2-3H3. The first kappa shape index (κ1) is 21.9. The van der Waals surface area contributed by atoms with Gasteiger partial charge in [0.05, 0.1) is 6.10 Å². The van der Waals surface area contributed by atoms with Crippen LogP contribution in [0.25, 0.3) is 0 Å². The van der Waals surface area contributed by atoms with E-state index in [1.165, 1.54) is 43.2 Å². The molecule has 3 nitrogen and oxygen atoms in total. The molecule has 166 valence electrons. The molecule has 0 heterocycles. The number of aromatic hydroxyl groups is 1. The van der Waals surface area contributed by atoms with Crippen molar-refractivity contribution in [3.05, 3.63) is 42.0 Å². The highest BCUT2D eigenvalue weighted by Crippen LogP contribution is 2.69. The minimum Gasteiger partial charge on any atom is -0.508 e. The van der Waals surface area contributed by atoms with Crippen molar-refractivity contribution in [1.29, 1.82) is 0 Å². The zero-order valence-corrected chi connectivity index (χ0v) is 19.0. The van der Waals surface area contributed by atoms with Gasteiger partial charge in [0.1, 0.15) is 5.75 Å². The Morgan fingerprint density at radius 1 is 1.20 bits per heavy atom. The summed E-state index contributed by atoms with van der Waals surface area (Å²) < 4.78 is 0.